The molecule has 0 spiro atoms. The summed E-state index contributed by atoms with van der Waals surface area (Å²) in [6.45, 7) is -0.0709. The van der Waals surface area contributed by atoms with Crippen LogP contribution in [0.4, 0.5) is 0 Å². The van der Waals surface area contributed by atoms with Crippen LogP contribution in [0.25, 0.3) is 0 Å². The maximum atomic E-state index is 12.1. The Morgan fingerprint density at radius 1 is 1.18 bits per heavy atom. The third-order valence-corrected chi connectivity index (χ3v) is 4.13. The Labute approximate surface area is 130 Å². The van der Waals surface area contributed by atoms with Crippen LogP contribution in [0.15, 0.2) is 30.3 Å². The summed E-state index contributed by atoms with van der Waals surface area (Å²) in [6, 6.07) is 9.46. The van der Waals surface area contributed by atoms with Gasteiger partial charge in [0.25, 0.3) is 0 Å². The van der Waals surface area contributed by atoms with Crippen molar-refractivity contribution in [2.24, 2.45) is 0 Å². The topological polar surface area (TPSA) is 91.8 Å². The first-order valence-corrected chi connectivity index (χ1v) is 9.05. The van der Waals surface area contributed by atoms with E-state index in [1.165, 1.54) is 4.90 Å². The van der Waals surface area contributed by atoms with Crippen LogP contribution in [0.5, 0.6) is 0 Å². The maximum Gasteiger partial charge on any atom is 0.323 e. The summed E-state index contributed by atoms with van der Waals surface area (Å²) in [5.74, 6) is -1.48. The number of nitrogens with zero attached hydrogens (tertiary/aromatic N) is 1. The van der Waals surface area contributed by atoms with E-state index in [0.717, 1.165) is 11.8 Å². The zero-order valence-corrected chi connectivity index (χ0v) is 13.4. The van der Waals surface area contributed by atoms with Gasteiger partial charge in [-0.25, -0.2) is 8.42 Å². The molecule has 0 aliphatic heterocycles. The number of carboxylic acids is 1. The third kappa shape index (κ3) is 7.78. The second-order valence-electron chi connectivity index (χ2n) is 5.18. The van der Waals surface area contributed by atoms with Gasteiger partial charge < -0.3 is 10.0 Å². The van der Waals surface area contributed by atoms with Gasteiger partial charge in [0.05, 0.1) is 5.75 Å². The minimum Gasteiger partial charge on any atom is -0.480 e. The number of benzene rings is 1. The number of amides is 1. The molecule has 0 saturated carbocycles. The monoisotopic (exact) mass is 327 g/mol. The minimum absolute atomic E-state index is 0.0368. The number of sulfone groups is 1. The standard InChI is InChI=1S/C15H21NO5S/c1-22(20,21)11-5-8-14(17)16(12-15(18)19)10-9-13-6-3-2-4-7-13/h2-4,6-7H,5,8-12H2,1H3,(H,18,19). The Morgan fingerprint density at radius 2 is 1.82 bits per heavy atom. The van der Waals surface area contributed by atoms with Gasteiger partial charge in [-0.05, 0) is 18.4 Å². The van der Waals surface area contributed by atoms with E-state index in [1.54, 1.807) is 0 Å². The maximum absolute atomic E-state index is 12.1. The molecule has 0 saturated heterocycles. The van der Waals surface area contributed by atoms with Gasteiger partial charge in [-0.1, -0.05) is 30.3 Å². The molecule has 0 fully saturated rings. The van der Waals surface area contributed by atoms with Gasteiger partial charge in [0.1, 0.15) is 16.4 Å². The van der Waals surface area contributed by atoms with E-state index in [9.17, 15) is 18.0 Å². The van der Waals surface area contributed by atoms with Crippen molar-refractivity contribution >= 4 is 21.7 Å². The molecule has 22 heavy (non-hydrogen) atoms. The molecular weight excluding hydrogens is 306 g/mol. The van der Waals surface area contributed by atoms with Gasteiger partial charge in [-0.15, -0.1) is 0 Å². The van der Waals surface area contributed by atoms with Crippen LogP contribution in [0, 0.1) is 0 Å². The summed E-state index contributed by atoms with van der Waals surface area (Å²) in [4.78, 5) is 24.2. The van der Waals surface area contributed by atoms with Crippen LogP contribution in [0.1, 0.15) is 18.4 Å². The van der Waals surface area contributed by atoms with Crippen molar-refractivity contribution in [3.63, 3.8) is 0 Å². The minimum atomic E-state index is -3.11. The fraction of sp³-hybridized carbons (Fsp3) is 0.467. The summed E-state index contributed by atoms with van der Waals surface area (Å²) in [6.07, 6.45) is 1.92. The van der Waals surface area contributed by atoms with Gasteiger partial charge in [-0.2, -0.15) is 0 Å². The average Bonchev–Trinajstić information content (AvgIpc) is 2.42. The molecule has 0 heterocycles. The Hall–Kier alpha value is -1.89. The van der Waals surface area contributed by atoms with Gasteiger partial charge in [0.2, 0.25) is 5.91 Å². The van der Waals surface area contributed by atoms with E-state index in [-0.39, 0.29) is 31.0 Å². The molecule has 0 atom stereocenters. The lowest BCUT2D eigenvalue weighted by Gasteiger charge is -2.20. The normalized spacial score (nSPS) is 11.1. The zero-order chi connectivity index (χ0) is 16.6. The summed E-state index contributed by atoms with van der Waals surface area (Å²) in [7, 11) is -3.11. The molecular formula is C15H21NO5S. The molecule has 122 valence electrons. The molecule has 0 unspecified atom stereocenters. The number of carbonyl (C=O) groups is 2. The fourth-order valence-electron chi connectivity index (χ4n) is 2.01. The third-order valence-electron chi connectivity index (χ3n) is 3.10. The molecule has 7 heteroatoms. The van der Waals surface area contributed by atoms with E-state index < -0.39 is 15.8 Å². The average molecular weight is 327 g/mol. The number of aliphatic carboxylic acids is 1. The molecule has 0 radical (unpaired) electrons. The molecule has 6 nitrogen and oxygen atoms in total. The largest absolute Gasteiger partial charge is 0.480 e. The first-order chi connectivity index (χ1) is 10.3. The van der Waals surface area contributed by atoms with Crippen molar-refractivity contribution in [1.82, 2.24) is 4.90 Å². The van der Waals surface area contributed by atoms with Gasteiger partial charge in [-0.3, -0.25) is 9.59 Å². The SMILES string of the molecule is CS(=O)(=O)CCCC(=O)N(CCc1ccccc1)CC(=O)O. The van der Waals surface area contributed by atoms with Crippen molar-refractivity contribution in [2.75, 3.05) is 25.1 Å². The van der Waals surface area contributed by atoms with Crippen LogP contribution in [-0.4, -0.2) is 55.4 Å². The first kappa shape index (κ1) is 18.2. The van der Waals surface area contributed by atoms with Crippen molar-refractivity contribution < 1.29 is 23.1 Å². The number of carboxylic acid groups (broad SMARTS) is 1. The number of hydrogen-bond donors (Lipinski definition) is 1. The van der Waals surface area contributed by atoms with Crippen molar-refractivity contribution in [2.45, 2.75) is 19.3 Å². The Balaban J connectivity index is 2.55. The summed E-state index contributed by atoms with van der Waals surface area (Å²) in [5.41, 5.74) is 1.02. The molecule has 1 N–H and O–H groups in total. The second kappa shape index (κ2) is 8.53. The van der Waals surface area contributed by atoms with Crippen LogP contribution in [0.3, 0.4) is 0 Å². The Bertz CT molecular complexity index is 598. The number of rotatable bonds is 9. The van der Waals surface area contributed by atoms with Crippen LogP contribution < -0.4 is 0 Å². The fourth-order valence-corrected chi connectivity index (χ4v) is 2.68. The lowest BCUT2D eigenvalue weighted by molar-refractivity contribution is -0.144. The second-order valence-corrected chi connectivity index (χ2v) is 7.44. The van der Waals surface area contributed by atoms with Crippen LogP contribution in [0.2, 0.25) is 0 Å². The highest BCUT2D eigenvalue weighted by molar-refractivity contribution is 7.90. The predicted molar refractivity (Wildman–Crippen MR) is 83.3 cm³/mol. The summed E-state index contributed by atoms with van der Waals surface area (Å²) >= 11 is 0. The molecule has 0 bridgehead atoms. The van der Waals surface area contributed by atoms with Crippen LogP contribution >= 0.6 is 0 Å². The lowest BCUT2D eigenvalue weighted by Crippen LogP contribution is -2.37. The zero-order valence-electron chi connectivity index (χ0n) is 12.6. The molecule has 0 aromatic heterocycles. The van der Waals surface area contributed by atoms with Gasteiger partial charge in [0.15, 0.2) is 0 Å². The van der Waals surface area contributed by atoms with E-state index in [0.29, 0.717) is 13.0 Å². The Kier molecular flexibility index (Phi) is 7.04. The highest BCUT2D eigenvalue weighted by atomic mass is 32.2. The van der Waals surface area contributed by atoms with Crippen molar-refractivity contribution in [1.29, 1.82) is 0 Å². The summed E-state index contributed by atoms with van der Waals surface area (Å²) in [5, 5.41) is 8.89. The molecule has 1 aromatic rings. The molecule has 1 amide bonds. The van der Waals surface area contributed by atoms with Crippen molar-refractivity contribution in [3.8, 4) is 0 Å². The van der Waals surface area contributed by atoms with Crippen molar-refractivity contribution in [3.05, 3.63) is 35.9 Å². The molecule has 1 aromatic carbocycles. The van der Waals surface area contributed by atoms with E-state index in [2.05, 4.69) is 0 Å². The summed E-state index contributed by atoms with van der Waals surface area (Å²) < 4.78 is 22.1. The Morgan fingerprint density at radius 3 is 2.36 bits per heavy atom. The molecule has 1 rings (SSSR count). The van der Waals surface area contributed by atoms with E-state index >= 15 is 0 Å². The van der Waals surface area contributed by atoms with Gasteiger partial charge >= 0.3 is 5.97 Å². The quantitative estimate of drug-likeness (QED) is 0.729. The highest BCUT2D eigenvalue weighted by Crippen LogP contribution is 2.05. The number of hydrogen-bond acceptors (Lipinski definition) is 4. The predicted octanol–water partition coefficient (Wildman–Crippen LogP) is 0.967. The smallest absolute Gasteiger partial charge is 0.323 e. The number of carbonyl (C=O) groups excluding carboxylic acids is 1. The van der Waals surface area contributed by atoms with E-state index in [1.807, 2.05) is 30.3 Å². The first-order valence-electron chi connectivity index (χ1n) is 6.99. The van der Waals surface area contributed by atoms with Gasteiger partial charge in [0, 0.05) is 19.2 Å². The lowest BCUT2D eigenvalue weighted by atomic mass is 10.1. The molecule has 0 aliphatic rings. The van der Waals surface area contributed by atoms with E-state index in [4.69, 9.17) is 5.11 Å². The van der Waals surface area contributed by atoms with Crippen LogP contribution in [-0.2, 0) is 25.8 Å². The highest BCUT2D eigenvalue weighted by Gasteiger charge is 2.17. The molecule has 0 aliphatic carbocycles.